The molecular weight excluding hydrogens is 476 g/mol. The van der Waals surface area contributed by atoms with Crippen LogP contribution in [0.1, 0.15) is 38.3 Å². The van der Waals surface area contributed by atoms with E-state index in [2.05, 4.69) is 22.0 Å². The number of nitrogens with zero attached hydrogens (tertiary/aromatic N) is 5. The van der Waals surface area contributed by atoms with Gasteiger partial charge in [0.05, 0.1) is 18.4 Å². The Labute approximate surface area is 226 Å². The normalized spacial score (nSPS) is 20.2. The van der Waals surface area contributed by atoms with Gasteiger partial charge in [-0.25, -0.2) is 14.3 Å². The Morgan fingerprint density at radius 2 is 1.71 bits per heavy atom. The first kappa shape index (κ1) is 27.5. The average molecular weight is 518 g/mol. The quantitative estimate of drug-likeness (QED) is 0.437. The van der Waals surface area contributed by atoms with Gasteiger partial charge in [0, 0.05) is 45.1 Å². The van der Waals surface area contributed by atoms with Crippen molar-refractivity contribution in [3.63, 3.8) is 0 Å². The van der Waals surface area contributed by atoms with Gasteiger partial charge in [-0.05, 0) is 38.3 Å². The standard InChI is InChI=1S/C30H40N6O2/c1-30(2,3)36(29(31)38)20-19-34(21-25-11-6-4-7-12-25)23-27(36)28(37)35(22-26-13-8-5-9-14-26)17-10-16-33-18-15-32-24-33/h4-9,11-15,18,24,27H,10,16-17,19-23H2,1-3H3,(H-,31,38)/p+1/t27?,36-/m1/s1. The molecule has 1 aliphatic rings. The molecule has 38 heavy (non-hydrogen) atoms. The van der Waals surface area contributed by atoms with Crippen LogP contribution in [-0.4, -0.2) is 73.5 Å². The van der Waals surface area contributed by atoms with E-state index in [-0.39, 0.29) is 10.4 Å². The SMILES string of the molecule is CC(C)(C)[N@+]1(C(N)=O)CCN(Cc2ccccc2)CC1C(=O)N(CCCn1ccnc1)Cc1ccccc1. The maximum Gasteiger partial charge on any atom is 0.415 e. The van der Waals surface area contributed by atoms with Crippen molar-refractivity contribution in [2.45, 2.75) is 58.4 Å². The Hall–Kier alpha value is -3.49. The maximum atomic E-state index is 14.5. The van der Waals surface area contributed by atoms with Crippen LogP contribution in [0.5, 0.6) is 0 Å². The third kappa shape index (κ3) is 6.14. The highest BCUT2D eigenvalue weighted by molar-refractivity contribution is 5.83. The molecule has 8 nitrogen and oxygen atoms in total. The fourth-order valence-electron chi connectivity index (χ4n) is 5.72. The summed E-state index contributed by atoms with van der Waals surface area (Å²) in [5.74, 6) is -0.0222. The molecule has 202 valence electrons. The highest BCUT2D eigenvalue weighted by Gasteiger charge is 2.58. The van der Waals surface area contributed by atoms with Gasteiger partial charge < -0.3 is 15.2 Å². The number of urea groups is 1. The number of piperazine rings is 1. The van der Waals surface area contributed by atoms with Crippen molar-refractivity contribution in [1.82, 2.24) is 19.4 Å². The van der Waals surface area contributed by atoms with Gasteiger partial charge in [-0.2, -0.15) is 0 Å². The molecule has 0 aliphatic carbocycles. The van der Waals surface area contributed by atoms with Crippen LogP contribution in [0.2, 0.25) is 0 Å². The summed E-state index contributed by atoms with van der Waals surface area (Å²) in [5.41, 5.74) is 7.89. The second-order valence-corrected chi connectivity index (χ2v) is 11.2. The number of primary amides is 1. The molecule has 0 radical (unpaired) electrons. The number of hydrogen-bond donors (Lipinski definition) is 1. The molecule has 1 saturated heterocycles. The number of rotatable bonds is 9. The number of amides is 3. The van der Waals surface area contributed by atoms with Crippen molar-refractivity contribution < 1.29 is 14.1 Å². The van der Waals surface area contributed by atoms with Gasteiger partial charge in [-0.3, -0.25) is 9.69 Å². The molecule has 4 rings (SSSR count). The zero-order chi connectivity index (χ0) is 27.2. The van der Waals surface area contributed by atoms with Crippen LogP contribution in [0.3, 0.4) is 0 Å². The van der Waals surface area contributed by atoms with Crippen molar-refractivity contribution in [1.29, 1.82) is 0 Å². The topological polar surface area (TPSA) is 84.5 Å². The summed E-state index contributed by atoms with van der Waals surface area (Å²) in [6, 6.07) is 19.3. The van der Waals surface area contributed by atoms with E-state index in [0.29, 0.717) is 32.7 Å². The Kier molecular flexibility index (Phi) is 8.64. The lowest BCUT2D eigenvalue weighted by Crippen LogP contribution is -2.78. The molecule has 0 saturated carbocycles. The van der Waals surface area contributed by atoms with Gasteiger partial charge in [0.15, 0.2) is 6.04 Å². The molecule has 1 unspecified atom stereocenters. The number of imidazole rings is 1. The smallest absolute Gasteiger partial charge is 0.337 e. The molecule has 2 N–H and O–H groups in total. The highest BCUT2D eigenvalue weighted by Crippen LogP contribution is 2.34. The van der Waals surface area contributed by atoms with E-state index in [4.69, 9.17) is 5.73 Å². The molecule has 2 atom stereocenters. The van der Waals surface area contributed by atoms with Crippen molar-refractivity contribution in [3.8, 4) is 0 Å². The van der Waals surface area contributed by atoms with Gasteiger partial charge in [-0.1, -0.05) is 60.7 Å². The summed E-state index contributed by atoms with van der Waals surface area (Å²) in [5, 5.41) is 0. The number of nitrogens with two attached hydrogens (primary N) is 1. The molecule has 0 bridgehead atoms. The van der Waals surface area contributed by atoms with E-state index in [1.54, 1.807) is 12.5 Å². The van der Waals surface area contributed by atoms with E-state index in [0.717, 1.165) is 25.1 Å². The van der Waals surface area contributed by atoms with E-state index in [1.165, 1.54) is 5.56 Å². The minimum absolute atomic E-state index is 0.0222. The van der Waals surface area contributed by atoms with Crippen LogP contribution in [0, 0.1) is 0 Å². The lowest BCUT2D eigenvalue weighted by Gasteiger charge is -2.54. The molecule has 1 fully saturated rings. The monoisotopic (exact) mass is 517 g/mol. The lowest BCUT2D eigenvalue weighted by molar-refractivity contribution is -0.915. The molecule has 8 heteroatoms. The number of benzene rings is 2. The summed E-state index contributed by atoms with van der Waals surface area (Å²) in [7, 11) is 0. The van der Waals surface area contributed by atoms with Crippen LogP contribution in [0.4, 0.5) is 4.79 Å². The third-order valence-electron chi connectivity index (χ3n) is 7.79. The number of aryl methyl sites for hydroxylation is 1. The van der Waals surface area contributed by atoms with Crippen LogP contribution in [-0.2, 0) is 24.4 Å². The van der Waals surface area contributed by atoms with Gasteiger partial charge in [-0.15, -0.1) is 0 Å². The number of aromatic nitrogens is 2. The fraction of sp³-hybridized carbons (Fsp3) is 0.433. The molecule has 2 aromatic carbocycles. The van der Waals surface area contributed by atoms with E-state index in [1.807, 2.05) is 85.0 Å². The number of quaternary nitrogens is 1. The second-order valence-electron chi connectivity index (χ2n) is 11.2. The largest absolute Gasteiger partial charge is 0.415 e. The molecule has 3 aromatic rings. The predicted octanol–water partition coefficient (Wildman–Crippen LogP) is 3.88. The number of hydrogen-bond acceptors (Lipinski definition) is 4. The fourth-order valence-corrected chi connectivity index (χ4v) is 5.72. The third-order valence-corrected chi connectivity index (χ3v) is 7.79. The molecule has 2 heterocycles. The van der Waals surface area contributed by atoms with Crippen LogP contribution >= 0.6 is 0 Å². The van der Waals surface area contributed by atoms with Crippen LogP contribution in [0.25, 0.3) is 0 Å². The van der Waals surface area contributed by atoms with Crippen molar-refractivity contribution >= 4 is 11.9 Å². The lowest BCUT2D eigenvalue weighted by atomic mass is 9.93. The van der Waals surface area contributed by atoms with Gasteiger partial charge in [0.1, 0.15) is 6.54 Å². The summed E-state index contributed by atoms with van der Waals surface area (Å²) in [6.07, 6.45) is 6.26. The van der Waals surface area contributed by atoms with Crippen molar-refractivity contribution in [3.05, 3.63) is 90.5 Å². The van der Waals surface area contributed by atoms with Crippen LogP contribution in [0.15, 0.2) is 79.4 Å². The highest BCUT2D eigenvalue weighted by atomic mass is 16.2. The van der Waals surface area contributed by atoms with Crippen molar-refractivity contribution in [2.75, 3.05) is 26.2 Å². The zero-order valence-electron chi connectivity index (χ0n) is 22.9. The summed E-state index contributed by atoms with van der Waals surface area (Å²) < 4.78 is 1.97. The van der Waals surface area contributed by atoms with Gasteiger partial charge in [0.2, 0.25) is 0 Å². The average Bonchev–Trinajstić information content (AvgIpc) is 3.41. The first-order chi connectivity index (χ1) is 18.2. The number of carbonyl (C=O) groups excluding carboxylic acids is 2. The Morgan fingerprint density at radius 3 is 2.29 bits per heavy atom. The summed E-state index contributed by atoms with van der Waals surface area (Å²) in [4.78, 5) is 36.1. The molecule has 0 spiro atoms. The molecular formula is C30H41N6O2+. The molecule has 1 aromatic heterocycles. The van der Waals surface area contributed by atoms with E-state index < -0.39 is 17.6 Å². The Morgan fingerprint density at radius 1 is 1.05 bits per heavy atom. The summed E-state index contributed by atoms with van der Waals surface area (Å²) >= 11 is 0. The van der Waals surface area contributed by atoms with Gasteiger partial charge in [0.25, 0.3) is 5.91 Å². The van der Waals surface area contributed by atoms with E-state index in [9.17, 15) is 9.59 Å². The second kappa shape index (κ2) is 11.9. The Bertz CT molecular complexity index is 1180. The first-order valence-electron chi connectivity index (χ1n) is 13.4. The predicted molar refractivity (Wildman–Crippen MR) is 149 cm³/mol. The van der Waals surface area contributed by atoms with Gasteiger partial charge >= 0.3 is 6.03 Å². The van der Waals surface area contributed by atoms with Crippen molar-refractivity contribution in [2.24, 2.45) is 5.73 Å². The van der Waals surface area contributed by atoms with E-state index >= 15 is 0 Å². The molecule has 1 aliphatic heterocycles. The minimum atomic E-state index is -0.595. The number of carbonyl (C=O) groups is 2. The first-order valence-corrected chi connectivity index (χ1v) is 13.4. The molecule has 3 amide bonds. The zero-order valence-corrected chi connectivity index (χ0v) is 22.9. The minimum Gasteiger partial charge on any atom is -0.337 e. The summed E-state index contributed by atoms with van der Waals surface area (Å²) in [6.45, 7) is 10.3. The Balaban J connectivity index is 1.63. The maximum absolute atomic E-state index is 14.5. The van der Waals surface area contributed by atoms with Crippen LogP contribution < -0.4 is 5.73 Å².